The van der Waals surface area contributed by atoms with Crippen LogP contribution >= 0.6 is 23.4 Å². The quantitative estimate of drug-likeness (QED) is 0.672. The van der Waals surface area contributed by atoms with E-state index in [0.717, 1.165) is 16.5 Å². The second kappa shape index (κ2) is 8.16. The standard InChI is InChI=1S/C20H18ClN3O3S/c1-24-8-7-22-20(24)28-18-6-4-14(21)12-15(18)23-19(25)13-3-5-16-17(11-13)27-10-2-9-26-16/h3-8,11-12H,2,9-10H2,1H3,(H,23,25). The number of hydrogen-bond donors (Lipinski definition) is 1. The van der Waals surface area contributed by atoms with Crippen LogP contribution in [0.25, 0.3) is 0 Å². The van der Waals surface area contributed by atoms with Crippen molar-refractivity contribution in [3.8, 4) is 11.5 Å². The monoisotopic (exact) mass is 415 g/mol. The minimum absolute atomic E-state index is 0.250. The van der Waals surface area contributed by atoms with E-state index in [4.69, 9.17) is 21.1 Å². The lowest BCUT2D eigenvalue weighted by Gasteiger charge is -2.13. The molecule has 0 atom stereocenters. The fraction of sp³-hybridized carbons (Fsp3) is 0.200. The normalized spacial score (nSPS) is 13.1. The fourth-order valence-electron chi connectivity index (χ4n) is 2.74. The fourth-order valence-corrected chi connectivity index (χ4v) is 3.78. The molecule has 1 aliphatic heterocycles. The summed E-state index contributed by atoms with van der Waals surface area (Å²) in [6.07, 6.45) is 4.41. The summed E-state index contributed by atoms with van der Waals surface area (Å²) in [7, 11) is 1.92. The molecule has 1 aromatic heterocycles. The Kier molecular flexibility index (Phi) is 5.45. The number of aromatic nitrogens is 2. The summed E-state index contributed by atoms with van der Waals surface area (Å²) in [5.41, 5.74) is 1.11. The van der Waals surface area contributed by atoms with Gasteiger partial charge in [0.05, 0.1) is 18.9 Å². The number of nitrogens with one attached hydrogen (secondary N) is 1. The number of aryl methyl sites for hydroxylation is 1. The zero-order chi connectivity index (χ0) is 19.5. The lowest BCUT2D eigenvalue weighted by Crippen LogP contribution is -2.13. The molecule has 0 unspecified atom stereocenters. The van der Waals surface area contributed by atoms with E-state index in [-0.39, 0.29) is 5.91 Å². The lowest BCUT2D eigenvalue weighted by atomic mass is 10.2. The molecule has 0 saturated carbocycles. The van der Waals surface area contributed by atoms with Crippen molar-refractivity contribution in [3.05, 3.63) is 59.4 Å². The summed E-state index contributed by atoms with van der Waals surface area (Å²) in [5, 5.41) is 4.30. The Hall–Kier alpha value is -2.64. The minimum atomic E-state index is -0.250. The van der Waals surface area contributed by atoms with Gasteiger partial charge in [0.25, 0.3) is 5.91 Å². The highest BCUT2D eigenvalue weighted by molar-refractivity contribution is 7.99. The first kappa shape index (κ1) is 18.7. The molecule has 2 heterocycles. The second-order valence-corrected chi connectivity index (χ2v) is 7.67. The van der Waals surface area contributed by atoms with Crippen LogP contribution in [0, 0.1) is 0 Å². The molecule has 8 heteroatoms. The Labute approximate surface area is 171 Å². The predicted molar refractivity (Wildman–Crippen MR) is 109 cm³/mol. The number of amides is 1. The van der Waals surface area contributed by atoms with E-state index in [1.165, 1.54) is 11.8 Å². The number of imidazole rings is 1. The number of carbonyl (C=O) groups excluding carboxylic acids is 1. The molecule has 1 N–H and O–H groups in total. The van der Waals surface area contributed by atoms with Crippen molar-refractivity contribution in [2.75, 3.05) is 18.5 Å². The highest BCUT2D eigenvalue weighted by atomic mass is 35.5. The van der Waals surface area contributed by atoms with Crippen molar-refractivity contribution in [2.24, 2.45) is 7.05 Å². The van der Waals surface area contributed by atoms with E-state index in [1.807, 2.05) is 23.9 Å². The average Bonchev–Trinajstić information content (AvgIpc) is 2.94. The number of hydrogen-bond acceptors (Lipinski definition) is 5. The molecular weight excluding hydrogens is 398 g/mol. The molecule has 0 saturated heterocycles. The highest BCUT2D eigenvalue weighted by Gasteiger charge is 2.16. The number of ether oxygens (including phenoxy) is 2. The van der Waals surface area contributed by atoms with Gasteiger partial charge in [-0.15, -0.1) is 0 Å². The van der Waals surface area contributed by atoms with E-state index < -0.39 is 0 Å². The largest absolute Gasteiger partial charge is 0.490 e. The molecule has 0 aliphatic carbocycles. The molecule has 28 heavy (non-hydrogen) atoms. The third-order valence-corrected chi connectivity index (χ3v) is 5.56. The van der Waals surface area contributed by atoms with Crippen LogP contribution in [0.2, 0.25) is 5.02 Å². The van der Waals surface area contributed by atoms with E-state index >= 15 is 0 Å². The number of halogens is 1. The number of nitrogens with zero attached hydrogens (tertiary/aromatic N) is 2. The zero-order valence-electron chi connectivity index (χ0n) is 15.1. The minimum Gasteiger partial charge on any atom is -0.490 e. The van der Waals surface area contributed by atoms with Gasteiger partial charge in [0.2, 0.25) is 0 Å². The SMILES string of the molecule is Cn1ccnc1Sc1ccc(Cl)cc1NC(=O)c1ccc2c(c1)OCCCO2. The maximum Gasteiger partial charge on any atom is 0.255 e. The lowest BCUT2D eigenvalue weighted by molar-refractivity contribution is 0.102. The molecule has 144 valence electrons. The number of benzene rings is 2. The number of rotatable bonds is 4. The van der Waals surface area contributed by atoms with Gasteiger partial charge in [-0.05, 0) is 48.2 Å². The molecule has 0 fully saturated rings. The Balaban J connectivity index is 1.58. The first-order valence-electron chi connectivity index (χ1n) is 8.76. The van der Waals surface area contributed by atoms with Crippen LogP contribution in [-0.2, 0) is 7.05 Å². The Morgan fingerprint density at radius 2 is 2.00 bits per heavy atom. The van der Waals surface area contributed by atoms with Crippen molar-refractivity contribution in [1.82, 2.24) is 9.55 Å². The van der Waals surface area contributed by atoms with Gasteiger partial charge in [-0.25, -0.2) is 4.98 Å². The third kappa shape index (κ3) is 4.10. The van der Waals surface area contributed by atoms with Crippen LogP contribution in [0.4, 0.5) is 5.69 Å². The molecule has 3 aromatic rings. The number of anilines is 1. The summed E-state index contributed by atoms with van der Waals surface area (Å²) in [4.78, 5) is 18.0. The van der Waals surface area contributed by atoms with E-state index in [9.17, 15) is 4.79 Å². The predicted octanol–water partition coefficient (Wildman–Crippen LogP) is 4.64. The van der Waals surface area contributed by atoms with Gasteiger partial charge in [-0.3, -0.25) is 4.79 Å². The molecule has 6 nitrogen and oxygen atoms in total. The van der Waals surface area contributed by atoms with Crippen molar-refractivity contribution < 1.29 is 14.3 Å². The van der Waals surface area contributed by atoms with Crippen LogP contribution < -0.4 is 14.8 Å². The summed E-state index contributed by atoms with van der Waals surface area (Å²) >= 11 is 7.61. The molecule has 4 rings (SSSR count). The van der Waals surface area contributed by atoms with Crippen LogP contribution in [-0.4, -0.2) is 28.7 Å². The summed E-state index contributed by atoms with van der Waals surface area (Å²) < 4.78 is 13.2. The van der Waals surface area contributed by atoms with E-state index in [1.54, 1.807) is 36.5 Å². The van der Waals surface area contributed by atoms with E-state index in [0.29, 0.717) is 41.0 Å². The topological polar surface area (TPSA) is 65.4 Å². The van der Waals surface area contributed by atoms with Crippen LogP contribution in [0.15, 0.2) is 58.8 Å². The number of carbonyl (C=O) groups is 1. The van der Waals surface area contributed by atoms with Gasteiger partial charge in [0.1, 0.15) is 0 Å². The van der Waals surface area contributed by atoms with Crippen LogP contribution in [0.1, 0.15) is 16.8 Å². The van der Waals surface area contributed by atoms with Gasteiger partial charge in [0, 0.05) is 41.3 Å². The smallest absolute Gasteiger partial charge is 0.255 e. The van der Waals surface area contributed by atoms with Gasteiger partial charge in [-0.1, -0.05) is 11.6 Å². The van der Waals surface area contributed by atoms with E-state index in [2.05, 4.69) is 10.3 Å². The maximum atomic E-state index is 12.8. The zero-order valence-corrected chi connectivity index (χ0v) is 16.7. The first-order valence-corrected chi connectivity index (χ1v) is 9.95. The van der Waals surface area contributed by atoms with Crippen LogP contribution in [0.3, 0.4) is 0 Å². The van der Waals surface area contributed by atoms with Gasteiger partial charge in [-0.2, -0.15) is 0 Å². The van der Waals surface area contributed by atoms with Gasteiger partial charge < -0.3 is 19.4 Å². The van der Waals surface area contributed by atoms with Crippen molar-refractivity contribution >= 4 is 35.0 Å². The second-order valence-electron chi connectivity index (χ2n) is 6.23. The highest BCUT2D eigenvalue weighted by Crippen LogP contribution is 2.35. The Morgan fingerprint density at radius 3 is 2.79 bits per heavy atom. The first-order chi connectivity index (χ1) is 13.6. The molecule has 1 amide bonds. The number of fused-ring (bicyclic) bond motifs is 1. The molecular formula is C20H18ClN3O3S. The summed E-state index contributed by atoms with van der Waals surface area (Å²) in [6.45, 7) is 1.17. The molecule has 2 aromatic carbocycles. The van der Waals surface area contributed by atoms with Crippen molar-refractivity contribution in [2.45, 2.75) is 16.5 Å². The van der Waals surface area contributed by atoms with Gasteiger partial charge >= 0.3 is 0 Å². The Morgan fingerprint density at radius 1 is 1.18 bits per heavy atom. The molecule has 0 spiro atoms. The molecule has 0 bridgehead atoms. The third-order valence-electron chi connectivity index (χ3n) is 4.18. The maximum absolute atomic E-state index is 12.8. The van der Waals surface area contributed by atoms with Crippen molar-refractivity contribution in [3.63, 3.8) is 0 Å². The van der Waals surface area contributed by atoms with Crippen LogP contribution in [0.5, 0.6) is 11.5 Å². The molecule has 1 aliphatic rings. The summed E-state index contributed by atoms with van der Waals surface area (Å²) in [6, 6.07) is 10.6. The van der Waals surface area contributed by atoms with Gasteiger partial charge in [0.15, 0.2) is 16.7 Å². The Bertz CT molecular complexity index is 1020. The van der Waals surface area contributed by atoms with Crippen molar-refractivity contribution in [1.29, 1.82) is 0 Å². The summed E-state index contributed by atoms with van der Waals surface area (Å²) in [5.74, 6) is 0.987. The molecule has 0 radical (unpaired) electrons. The average molecular weight is 416 g/mol.